The maximum Gasteiger partial charge on any atom is 0.492 e. The van der Waals surface area contributed by atoms with E-state index in [1.807, 2.05) is 12.1 Å². The van der Waals surface area contributed by atoms with E-state index in [9.17, 15) is 10.0 Å². The highest BCUT2D eigenvalue weighted by Gasteiger charge is 2.22. The van der Waals surface area contributed by atoms with Crippen LogP contribution >= 0.6 is 0 Å². The van der Waals surface area contributed by atoms with E-state index in [1.165, 1.54) is 12.4 Å². The molecule has 0 aliphatic carbocycles. The number of nitrogens with zero attached hydrogens (tertiary/aromatic N) is 4. The Balaban J connectivity index is 1.73. The predicted molar refractivity (Wildman–Crippen MR) is 100 cm³/mol. The van der Waals surface area contributed by atoms with Crippen molar-refractivity contribution in [2.75, 3.05) is 18.5 Å². The molecule has 27 heavy (non-hydrogen) atoms. The molecule has 1 aliphatic rings. The van der Waals surface area contributed by atoms with Crippen molar-refractivity contribution in [1.29, 1.82) is 5.26 Å². The normalized spacial score (nSPS) is 14.9. The van der Waals surface area contributed by atoms with E-state index in [0.717, 1.165) is 24.1 Å². The standard InChI is InChI=1S/C18H18BN5O3/c20-9-12-7-14-1-2-18(24(14)22-10-12)17-8-16(15(11-21-17)19(25)26)23-13-3-5-27-6-4-13/h1-2,7-8,10-11,13,25-26H,3-6H2,(H,21,23). The smallest absolute Gasteiger partial charge is 0.423 e. The average Bonchev–Trinajstić information content (AvgIpc) is 3.11. The highest BCUT2D eigenvalue weighted by Crippen LogP contribution is 2.23. The molecule has 8 nitrogen and oxygen atoms in total. The van der Waals surface area contributed by atoms with Gasteiger partial charge in [0.15, 0.2) is 0 Å². The fourth-order valence-electron chi connectivity index (χ4n) is 3.25. The summed E-state index contributed by atoms with van der Waals surface area (Å²) in [6, 6.07) is 9.57. The molecular weight excluding hydrogens is 345 g/mol. The Hall–Kier alpha value is -2.93. The molecule has 0 atom stereocenters. The zero-order valence-corrected chi connectivity index (χ0v) is 14.5. The van der Waals surface area contributed by atoms with Crippen LogP contribution < -0.4 is 10.8 Å². The molecule has 0 amide bonds. The fraction of sp³-hybridized carbons (Fsp3) is 0.278. The Morgan fingerprint density at radius 1 is 1.22 bits per heavy atom. The first-order valence-corrected chi connectivity index (χ1v) is 8.74. The maximum atomic E-state index is 9.69. The van der Waals surface area contributed by atoms with Crippen molar-refractivity contribution < 1.29 is 14.8 Å². The lowest BCUT2D eigenvalue weighted by atomic mass is 9.79. The molecule has 1 fully saturated rings. The van der Waals surface area contributed by atoms with Crippen LogP contribution in [0.4, 0.5) is 5.69 Å². The number of aromatic nitrogens is 3. The van der Waals surface area contributed by atoms with Crippen LogP contribution in [0.2, 0.25) is 0 Å². The zero-order chi connectivity index (χ0) is 18.8. The molecule has 0 aromatic carbocycles. The minimum atomic E-state index is -1.62. The van der Waals surface area contributed by atoms with Gasteiger partial charge in [-0.15, -0.1) is 0 Å². The van der Waals surface area contributed by atoms with Crippen LogP contribution in [0.15, 0.2) is 36.7 Å². The predicted octanol–water partition coefficient (Wildman–Crippen LogP) is 0.539. The van der Waals surface area contributed by atoms with E-state index in [0.29, 0.717) is 35.6 Å². The van der Waals surface area contributed by atoms with Gasteiger partial charge in [-0.25, -0.2) is 4.52 Å². The molecule has 0 unspecified atom stereocenters. The first-order valence-electron chi connectivity index (χ1n) is 8.74. The second-order valence-corrected chi connectivity index (χ2v) is 6.47. The van der Waals surface area contributed by atoms with Crippen LogP contribution in [-0.4, -0.2) is 51.0 Å². The van der Waals surface area contributed by atoms with E-state index >= 15 is 0 Å². The van der Waals surface area contributed by atoms with Crippen LogP contribution in [0.5, 0.6) is 0 Å². The highest BCUT2D eigenvalue weighted by molar-refractivity contribution is 6.60. The van der Waals surface area contributed by atoms with Crippen molar-refractivity contribution in [3.05, 3.63) is 42.2 Å². The molecule has 3 aromatic heterocycles. The molecule has 0 saturated carbocycles. The Bertz CT molecular complexity index is 1010. The third-order valence-electron chi connectivity index (χ3n) is 4.69. The van der Waals surface area contributed by atoms with Gasteiger partial charge in [-0.3, -0.25) is 4.98 Å². The molecule has 9 heteroatoms. The van der Waals surface area contributed by atoms with E-state index in [4.69, 9.17) is 10.00 Å². The fourth-order valence-corrected chi connectivity index (χ4v) is 3.25. The van der Waals surface area contributed by atoms with E-state index in [-0.39, 0.29) is 6.04 Å². The number of ether oxygens (including phenoxy) is 1. The molecule has 0 bridgehead atoms. The number of pyridine rings is 1. The third kappa shape index (κ3) is 3.50. The summed E-state index contributed by atoms with van der Waals surface area (Å²) in [4.78, 5) is 4.38. The second kappa shape index (κ2) is 7.36. The number of nitriles is 1. The van der Waals surface area contributed by atoms with E-state index in [2.05, 4.69) is 21.5 Å². The number of hydrogen-bond acceptors (Lipinski definition) is 7. The summed E-state index contributed by atoms with van der Waals surface area (Å²) in [5.41, 5.74) is 3.63. The molecule has 136 valence electrons. The monoisotopic (exact) mass is 363 g/mol. The summed E-state index contributed by atoms with van der Waals surface area (Å²) in [5, 5.41) is 36.1. The Morgan fingerprint density at radius 2 is 2.04 bits per heavy atom. The molecule has 3 N–H and O–H groups in total. The van der Waals surface area contributed by atoms with Crippen LogP contribution in [-0.2, 0) is 4.74 Å². The lowest BCUT2D eigenvalue weighted by Gasteiger charge is -2.25. The van der Waals surface area contributed by atoms with E-state index in [1.54, 1.807) is 16.6 Å². The van der Waals surface area contributed by atoms with Gasteiger partial charge in [0.05, 0.1) is 28.7 Å². The van der Waals surface area contributed by atoms with Crippen LogP contribution in [0.1, 0.15) is 18.4 Å². The number of nitrogens with one attached hydrogen (secondary N) is 1. The van der Waals surface area contributed by atoms with Crippen molar-refractivity contribution >= 4 is 23.8 Å². The van der Waals surface area contributed by atoms with Gasteiger partial charge in [-0.05, 0) is 37.1 Å². The topological polar surface area (TPSA) is 116 Å². The summed E-state index contributed by atoms with van der Waals surface area (Å²) in [6.07, 6.45) is 4.67. The molecule has 1 aliphatic heterocycles. The first kappa shape index (κ1) is 17.5. The summed E-state index contributed by atoms with van der Waals surface area (Å²) < 4.78 is 7.08. The average molecular weight is 363 g/mol. The van der Waals surface area contributed by atoms with Gasteiger partial charge in [-0.1, -0.05) is 0 Å². The van der Waals surface area contributed by atoms with Gasteiger partial charge in [0.2, 0.25) is 0 Å². The molecule has 1 saturated heterocycles. The van der Waals surface area contributed by atoms with Gasteiger partial charge in [0, 0.05) is 36.6 Å². The quantitative estimate of drug-likeness (QED) is 0.580. The minimum absolute atomic E-state index is 0.201. The summed E-state index contributed by atoms with van der Waals surface area (Å²) in [5.74, 6) is 0. The summed E-state index contributed by atoms with van der Waals surface area (Å²) >= 11 is 0. The summed E-state index contributed by atoms with van der Waals surface area (Å²) in [7, 11) is -1.62. The van der Waals surface area contributed by atoms with Gasteiger partial charge in [0.1, 0.15) is 6.07 Å². The Kier molecular flexibility index (Phi) is 4.77. The Morgan fingerprint density at radius 3 is 2.78 bits per heavy atom. The number of rotatable bonds is 4. The second-order valence-electron chi connectivity index (χ2n) is 6.47. The van der Waals surface area contributed by atoms with Crippen LogP contribution in [0.3, 0.4) is 0 Å². The van der Waals surface area contributed by atoms with Crippen molar-refractivity contribution in [3.63, 3.8) is 0 Å². The zero-order valence-electron chi connectivity index (χ0n) is 14.5. The minimum Gasteiger partial charge on any atom is -0.423 e. The van der Waals surface area contributed by atoms with Crippen LogP contribution in [0.25, 0.3) is 16.9 Å². The molecule has 4 heterocycles. The van der Waals surface area contributed by atoms with Crippen LogP contribution in [0, 0.1) is 11.3 Å². The van der Waals surface area contributed by atoms with Gasteiger partial charge < -0.3 is 20.1 Å². The highest BCUT2D eigenvalue weighted by atomic mass is 16.5. The third-order valence-corrected chi connectivity index (χ3v) is 4.69. The largest absolute Gasteiger partial charge is 0.492 e. The number of fused-ring (bicyclic) bond motifs is 1. The number of hydrogen-bond donors (Lipinski definition) is 3. The molecule has 0 spiro atoms. The lowest BCUT2D eigenvalue weighted by Crippen LogP contribution is -2.36. The van der Waals surface area contributed by atoms with Gasteiger partial charge in [0.25, 0.3) is 0 Å². The SMILES string of the molecule is N#Cc1cnn2c(-c3cc(NC4CCOCC4)c(B(O)O)cn3)ccc2c1. The molecule has 4 rings (SSSR count). The maximum absolute atomic E-state index is 9.69. The van der Waals surface area contributed by atoms with Gasteiger partial charge in [-0.2, -0.15) is 10.4 Å². The Labute approximate surface area is 156 Å². The first-order chi connectivity index (χ1) is 13.2. The summed E-state index contributed by atoms with van der Waals surface area (Å²) in [6.45, 7) is 1.36. The number of anilines is 1. The van der Waals surface area contributed by atoms with Crippen molar-refractivity contribution in [3.8, 4) is 17.5 Å². The van der Waals surface area contributed by atoms with E-state index < -0.39 is 7.12 Å². The van der Waals surface area contributed by atoms with Gasteiger partial charge >= 0.3 is 7.12 Å². The van der Waals surface area contributed by atoms with Crippen molar-refractivity contribution in [2.45, 2.75) is 18.9 Å². The lowest BCUT2D eigenvalue weighted by molar-refractivity contribution is 0.0905. The molecule has 0 radical (unpaired) electrons. The van der Waals surface area contributed by atoms with Crippen molar-refractivity contribution in [1.82, 2.24) is 14.6 Å². The van der Waals surface area contributed by atoms with Crippen molar-refractivity contribution in [2.24, 2.45) is 0 Å². The molecule has 3 aromatic rings. The molecular formula is C18H18BN5O3.